The molecule has 2 N–H and O–H groups in total. The van der Waals surface area contributed by atoms with Gasteiger partial charge in [0.2, 0.25) is 16.8 Å². The fourth-order valence-corrected chi connectivity index (χ4v) is 5.51. The van der Waals surface area contributed by atoms with Gasteiger partial charge < -0.3 is 24.8 Å². The molecule has 12 heteroatoms. The lowest BCUT2D eigenvalue weighted by Crippen LogP contribution is -2.52. The second-order valence-corrected chi connectivity index (χ2v) is 9.67. The number of urea groups is 1. The molecule has 0 radical (unpaired) electrons. The van der Waals surface area contributed by atoms with Crippen LogP contribution >= 0.6 is 0 Å². The molecule has 2 amide bonds. The molecule has 2 fully saturated rings. The third-order valence-corrected chi connectivity index (χ3v) is 7.60. The van der Waals surface area contributed by atoms with E-state index in [1.807, 2.05) is 0 Å². The fraction of sp³-hybridized carbons (Fsp3) is 0.611. The molecule has 2 aliphatic heterocycles. The summed E-state index contributed by atoms with van der Waals surface area (Å²) in [7, 11) is -3.29. The van der Waals surface area contributed by atoms with Gasteiger partial charge >= 0.3 is 12.6 Å². The zero-order valence-corrected chi connectivity index (χ0v) is 16.9. The lowest BCUT2D eigenvalue weighted by Gasteiger charge is -2.32. The average Bonchev–Trinajstić information content (AvgIpc) is 3.46. The first kappa shape index (κ1) is 20.9. The van der Waals surface area contributed by atoms with Gasteiger partial charge in [-0.1, -0.05) is 0 Å². The van der Waals surface area contributed by atoms with Crippen molar-refractivity contribution < 1.29 is 36.2 Å². The number of fused-ring (bicyclic) bond motifs is 1. The number of nitrogens with zero attached hydrogens (tertiary/aromatic N) is 1. The van der Waals surface area contributed by atoms with Crippen LogP contribution in [-0.2, 0) is 16.6 Å². The molecular weight excluding hydrogens is 424 g/mol. The number of alkyl halides is 2. The van der Waals surface area contributed by atoms with Crippen molar-refractivity contribution in [1.82, 2.24) is 14.9 Å². The molecule has 1 aromatic rings. The molecule has 1 aliphatic carbocycles. The Labute approximate surface area is 172 Å². The number of ether oxygens (including phenoxy) is 3. The van der Waals surface area contributed by atoms with Gasteiger partial charge in [-0.15, -0.1) is 0 Å². The summed E-state index contributed by atoms with van der Waals surface area (Å²) < 4.78 is 66.6. The number of amides is 2. The van der Waals surface area contributed by atoms with E-state index < -0.39 is 22.7 Å². The lowest BCUT2D eigenvalue weighted by atomic mass is 10.1. The molecule has 30 heavy (non-hydrogen) atoms. The maximum atomic E-state index is 12.7. The third kappa shape index (κ3) is 4.69. The topological polar surface area (TPSA) is 106 Å². The largest absolute Gasteiger partial charge is 0.454 e. The molecule has 0 bridgehead atoms. The Morgan fingerprint density at radius 3 is 2.67 bits per heavy atom. The summed E-state index contributed by atoms with van der Waals surface area (Å²) in [6.07, 6.45) is 2.70. The number of benzene rings is 1. The molecule has 166 valence electrons. The van der Waals surface area contributed by atoms with Gasteiger partial charge in [0.05, 0.1) is 5.25 Å². The summed E-state index contributed by atoms with van der Waals surface area (Å²) in [5, 5.41) is 5.07. The van der Waals surface area contributed by atoms with E-state index in [-0.39, 0.29) is 42.7 Å². The molecule has 4 rings (SSSR count). The van der Waals surface area contributed by atoms with Crippen molar-refractivity contribution >= 4 is 16.1 Å². The standard InChI is InChI=1S/C18H23F2N3O6S/c19-17(20)29-14-7-16-15(27-10-28-16)6-11(14)8-21-18(24)22-12-2-1-5-23(9-12)30(25,26)13-3-4-13/h6-7,12-13,17H,1-5,8-10H2,(H2,21,22,24)/t12-/m1/s1. The predicted molar refractivity (Wildman–Crippen MR) is 101 cm³/mol. The summed E-state index contributed by atoms with van der Waals surface area (Å²) >= 11 is 0. The fourth-order valence-electron chi connectivity index (χ4n) is 3.59. The Balaban J connectivity index is 1.34. The van der Waals surface area contributed by atoms with E-state index in [4.69, 9.17) is 9.47 Å². The van der Waals surface area contributed by atoms with Crippen LogP contribution in [0.5, 0.6) is 17.2 Å². The zero-order chi connectivity index (χ0) is 21.3. The summed E-state index contributed by atoms with van der Waals surface area (Å²) in [4.78, 5) is 12.3. The number of nitrogens with one attached hydrogen (secondary N) is 2. The molecule has 0 spiro atoms. The van der Waals surface area contributed by atoms with Gasteiger partial charge in [-0.25, -0.2) is 13.2 Å². The van der Waals surface area contributed by atoms with Gasteiger partial charge in [0.25, 0.3) is 0 Å². The smallest absolute Gasteiger partial charge is 0.387 e. The quantitative estimate of drug-likeness (QED) is 0.660. The minimum Gasteiger partial charge on any atom is -0.454 e. The Morgan fingerprint density at radius 1 is 1.23 bits per heavy atom. The third-order valence-electron chi connectivity index (χ3n) is 5.24. The Morgan fingerprint density at radius 2 is 1.97 bits per heavy atom. The molecule has 1 aromatic carbocycles. The Bertz CT molecular complexity index is 909. The maximum absolute atomic E-state index is 12.7. The van der Waals surface area contributed by atoms with E-state index in [0.717, 1.165) is 0 Å². The van der Waals surface area contributed by atoms with Crippen LogP contribution in [0, 0.1) is 0 Å². The van der Waals surface area contributed by atoms with E-state index in [9.17, 15) is 22.0 Å². The normalized spacial score (nSPS) is 21.5. The van der Waals surface area contributed by atoms with Crippen LogP contribution in [0.1, 0.15) is 31.2 Å². The van der Waals surface area contributed by atoms with Crippen molar-refractivity contribution in [2.24, 2.45) is 0 Å². The Hall–Kier alpha value is -2.34. The van der Waals surface area contributed by atoms with Crippen LogP contribution in [0.2, 0.25) is 0 Å². The first-order valence-corrected chi connectivity index (χ1v) is 11.2. The molecule has 0 aromatic heterocycles. The summed E-state index contributed by atoms with van der Waals surface area (Å²) in [6.45, 7) is -2.44. The van der Waals surface area contributed by atoms with E-state index in [1.165, 1.54) is 16.4 Å². The van der Waals surface area contributed by atoms with Gasteiger partial charge in [-0.2, -0.15) is 13.1 Å². The van der Waals surface area contributed by atoms with Crippen molar-refractivity contribution in [1.29, 1.82) is 0 Å². The van der Waals surface area contributed by atoms with Crippen molar-refractivity contribution in [3.8, 4) is 17.2 Å². The van der Waals surface area contributed by atoms with Crippen molar-refractivity contribution in [2.45, 2.75) is 50.1 Å². The van der Waals surface area contributed by atoms with Crippen LogP contribution in [0.15, 0.2) is 12.1 Å². The maximum Gasteiger partial charge on any atom is 0.387 e. The molecule has 1 saturated heterocycles. The number of hydrogen-bond acceptors (Lipinski definition) is 6. The SMILES string of the molecule is O=C(NCc1cc2c(cc1OC(F)F)OCO2)N[C@@H]1CCCN(S(=O)(=O)C2CC2)C1. The zero-order valence-electron chi connectivity index (χ0n) is 16.1. The van der Waals surface area contributed by atoms with Crippen LogP contribution in [0.4, 0.5) is 13.6 Å². The van der Waals surface area contributed by atoms with E-state index in [1.54, 1.807) is 0 Å². The summed E-state index contributed by atoms with van der Waals surface area (Å²) in [5.41, 5.74) is 0.302. The predicted octanol–water partition coefficient (Wildman–Crippen LogP) is 1.77. The molecule has 0 unspecified atom stereocenters. The minimum atomic E-state index is -3.29. The van der Waals surface area contributed by atoms with E-state index in [2.05, 4.69) is 15.4 Å². The second-order valence-electron chi connectivity index (χ2n) is 7.46. The minimum absolute atomic E-state index is 0.0250. The number of piperidine rings is 1. The van der Waals surface area contributed by atoms with Crippen molar-refractivity contribution in [3.63, 3.8) is 0 Å². The first-order chi connectivity index (χ1) is 14.3. The summed E-state index contributed by atoms with van der Waals surface area (Å²) in [6, 6.07) is 1.93. The number of halogens is 2. The first-order valence-electron chi connectivity index (χ1n) is 9.73. The van der Waals surface area contributed by atoms with Crippen molar-refractivity contribution in [3.05, 3.63) is 17.7 Å². The number of rotatable bonds is 7. The van der Waals surface area contributed by atoms with E-state index in [0.29, 0.717) is 43.5 Å². The monoisotopic (exact) mass is 447 g/mol. The highest BCUT2D eigenvalue weighted by molar-refractivity contribution is 7.90. The highest BCUT2D eigenvalue weighted by Gasteiger charge is 2.41. The van der Waals surface area contributed by atoms with Gasteiger partial charge in [0, 0.05) is 37.3 Å². The lowest BCUT2D eigenvalue weighted by molar-refractivity contribution is -0.0505. The van der Waals surface area contributed by atoms with Crippen LogP contribution in [-0.4, -0.2) is 56.5 Å². The number of carbonyl (C=O) groups is 1. The average molecular weight is 447 g/mol. The highest BCUT2D eigenvalue weighted by Crippen LogP contribution is 2.38. The molecule has 9 nitrogen and oxygen atoms in total. The number of sulfonamides is 1. The molecule has 1 atom stereocenters. The van der Waals surface area contributed by atoms with Gasteiger partial charge in [-0.05, 0) is 31.7 Å². The molecular formula is C18H23F2N3O6S. The Kier molecular flexibility index (Phi) is 5.87. The second kappa shape index (κ2) is 8.42. The molecule has 1 saturated carbocycles. The van der Waals surface area contributed by atoms with Crippen molar-refractivity contribution in [2.75, 3.05) is 19.9 Å². The summed E-state index contributed by atoms with van der Waals surface area (Å²) in [5.74, 6) is 0.550. The number of carbonyl (C=O) groups excluding carboxylic acids is 1. The highest BCUT2D eigenvalue weighted by atomic mass is 32.2. The van der Waals surface area contributed by atoms with E-state index >= 15 is 0 Å². The van der Waals surface area contributed by atoms with Crippen LogP contribution in [0.3, 0.4) is 0 Å². The molecule has 2 heterocycles. The molecule has 3 aliphatic rings. The van der Waals surface area contributed by atoms with Gasteiger partial charge in [0.15, 0.2) is 11.5 Å². The van der Waals surface area contributed by atoms with Gasteiger partial charge in [-0.3, -0.25) is 0 Å². The van der Waals surface area contributed by atoms with Gasteiger partial charge in [0.1, 0.15) is 5.75 Å². The van der Waals surface area contributed by atoms with Crippen LogP contribution < -0.4 is 24.8 Å². The van der Waals surface area contributed by atoms with Crippen LogP contribution in [0.25, 0.3) is 0 Å². The number of hydrogen-bond donors (Lipinski definition) is 2.